The summed E-state index contributed by atoms with van der Waals surface area (Å²) in [5, 5.41) is 0. The zero-order valence-electron chi connectivity index (χ0n) is 16.4. The third-order valence-corrected chi connectivity index (χ3v) is 6.62. The highest BCUT2D eigenvalue weighted by Crippen LogP contribution is 2.44. The number of benzene rings is 2. The van der Waals surface area contributed by atoms with Gasteiger partial charge in [0.2, 0.25) is 0 Å². The minimum Gasteiger partial charge on any atom is -0.471 e. The van der Waals surface area contributed by atoms with E-state index in [-0.39, 0.29) is 23.3 Å². The summed E-state index contributed by atoms with van der Waals surface area (Å²) in [6.45, 7) is 2.82. The molecule has 0 amide bonds. The lowest BCUT2D eigenvalue weighted by atomic mass is 9.71. The van der Waals surface area contributed by atoms with E-state index in [1.807, 2.05) is 12.1 Å². The van der Waals surface area contributed by atoms with E-state index in [9.17, 15) is 4.39 Å². The van der Waals surface area contributed by atoms with Gasteiger partial charge in [0.25, 0.3) is 0 Å². The van der Waals surface area contributed by atoms with Crippen molar-refractivity contribution in [2.75, 3.05) is 26.7 Å². The third kappa shape index (κ3) is 3.14. The van der Waals surface area contributed by atoms with Gasteiger partial charge in [-0.1, -0.05) is 36.4 Å². The summed E-state index contributed by atoms with van der Waals surface area (Å²) in [7, 11) is 2.16. The third-order valence-electron chi connectivity index (χ3n) is 6.62. The Balaban J connectivity index is 1.50. The Morgan fingerprint density at radius 1 is 1.18 bits per heavy atom. The second-order valence-corrected chi connectivity index (χ2v) is 8.66. The van der Waals surface area contributed by atoms with Crippen LogP contribution in [0.5, 0.6) is 0 Å². The Morgan fingerprint density at radius 2 is 2.07 bits per heavy atom. The second-order valence-electron chi connectivity index (χ2n) is 8.66. The number of hydrogen-bond acceptors (Lipinski definition) is 3. The summed E-state index contributed by atoms with van der Waals surface area (Å²) in [6.07, 6.45) is 4.23. The molecule has 3 nitrogen and oxygen atoms in total. The molecule has 0 aromatic heterocycles. The molecule has 5 rings (SSSR count). The molecule has 0 radical (unpaired) electrons. The van der Waals surface area contributed by atoms with Crippen LogP contribution in [-0.2, 0) is 11.2 Å². The quantitative estimate of drug-likeness (QED) is 0.773. The van der Waals surface area contributed by atoms with Gasteiger partial charge in [-0.05, 0) is 68.1 Å². The number of nitrogens with zero attached hydrogens (tertiary/aromatic N) is 2. The molecule has 3 atom stereocenters. The maximum absolute atomic E-state index is 14.1. The van der Waals surface area contributed by atoms with Gasteiger partial charge in [0, 0.05) is 18.4 Å². The van der Waals surface area contributed by atoms with Crippen molar-refractivity contribution >= 4 is 5.90 Å². The first-order chi connectivity index (χ1) is 13.6. The standard InChI is InChI=1S/C24H27FN2O/c1-27-13-5-12-24(16-27)15-26-23(28-24)21-11-10-17-6-2-3-9-20(17)22(21)18-7-4-8-19(25)14-18/h2-4,6-9,14,21-22H,5,10-13,15-16H2,1H3/t21?,22-,24-/m0/s1. The maximum atomic E-state index is 14.1. The zero-order chi connectivity index (χ0) is 19.1. The molecule has 28 heavy (non-hydrogen) atoms. The number of rotatable bonds is 2. The topological polar surface area (TPSA) is 24.8 Å². The van der Waals surface area contributed by atoms with Crippen molar-refractivity contribution in [3.05, 3.63) is 71.0 Å². The van der Waals surface area contributed by atoms with Gasteiger partial charge in [-0.2, -0.15) is 0 Å². The Labute approximate surface area is 166 Å². The van der Waals surface area contributed by atoms with Gasteiger partial charge < -0.3 is 9.64 Å². The summed E-state index contributed by atoms with van der Waals surface area (Å²) in [4.78, 5) is 7.27. The van der Waals surface area contributed by atoms with Gasteiger partial charge in [0.1, 0.15) is 11.4 Å². The van der Waals surface area contributed by atoms with Crippen molar-refractivity contribution in [3.63, 3.8) is 0 Å². The first-order valence-electron chi connectivity index (χ1n) is 10.4. The van der Waals surface area contributed by atoms with Gasteiger partial charge >= 0.3 is 0 Å². The first kappa shape index (κ1) is 17.9. The lowest BCUT2D eigenvalue weighted by Gasteiger charge is -2.39. The Hall–Kier alpha value is -2.20. The van der Waals surface area contributed by atoms with Crippen LogP contribution in [0.4, 0.5) is 4.39 Å². The first-order valence-corrected chi connectivity index (χ1v) is 10.4. The summed E-state index contributed by atoms with van der Waals surface area (Å²) >= 11 is 0. The number of aryl methyl sites for hydroxylation is 1. The molecule has 0 saturated carbocycles. The predicted molar refractivity (Wildman–Crippen MR) is 109 cm³/mol. The summed E-state index contributed by atoms with van der Waals surface area (Å²) in [5.74, 6) is 0.970. The molecule has 3 aliphatic rings. The van der Waals surface area contributed by atoms with Crippen LogP contribution in [0.15, 0.2) is 53.5 Å². The maximum Gasteiger partial charge on any atom is 0.188 e. The minimum absolute atomic E-state index is 0.0934. The molecule has 2 aromatic carbocycles. The molecule has 2 aliphatic heterocycles. The van der Waals surface area contributed by atoms with Crippen LogP contribution in [0.25, 0.3) is 0 Å². The molecular weight excluding hydrogens is 351 g/mol. The van der Waals surface area contributed by atoms with E-state index in [0.29, 0.717) is 0 Å². The van der Waals surface area contributed by atoms with Crippen LogP contribution >= 0.6 is 0 Å². The number of hydrogen-bond donors (Lipinski definition) is 0. The smallest absolute Gasteiger partial charge is 0.188 e. The lowest BCUT2D eigenvalue weighted by Crippen LogP contribution is -2.49. The summed E-state index contributed by atoms with van der Waals surface area (Å²) < 4.78 is 20.7. The molecule has 1 saturated heterocycles. The minimum atomic E-state index is -0.182. The van der Waals surface area contributed by atoms with Crippen LogP contribution in [0.3, 0.4) is 0 Å². The molecule has 0 N–H and O–H groups in total. The highest BCUT2D eigenvalue weighted by Gasteiger charge is 2.45. The van der Waals surface area contributed by atoms with E-state index < -0.39 is 0 Å². The fourth-order valence-corrected chi connectivity index (χ4v) is 5.37. The van der Waals surface area contributed by atoms with Crippen LogP contribution in [0, 0.1) is 11.7 Å². The van der Waals surface area contributed by atoms with Crippen LogP contribution in [-0.4, -0.2) is 43.1 Å². The van der Waals surface area contributed by atoms with Crippen molar-refractivity contribution in [2.24, 2.45) is 10.9 Å². The molecule has 2 aromatic rings. The van der Waals surface area contributed by atoms with E-state index in [4.69, 9.17) is 9.73 Å². The average molecular weight is 378 g/mol. The van der Waals surface area contributed by atoms with Gasteiger partial charge in [-0.3, -0.25) is 4.99 Å². The van der Waals surface area contributed by atoms with Crippen molar-refractivity contribution in [1.82, 2.24) is 4.90 Å². The molecule has 2 heterocycles. The number of fused-ring (bicyclic) bond motifs is 1. The fourth-order valence-electron chi connectivity index (χ4n) is 5.37. The average Bonchev–Trinajstić information content (AvgIpc) is 3.09. The van der Waals surface area contributed by atoms with E-state index in [1.165, 1.54) is 17.2 Å². The van der Waals surface area contributed by atoms with Crippen molar-refractivity contribution in [3.8, 4) is 0 Å². The number of aliphatic imine (C=N–C) groups is 1. The number of ether oxygens (including phenoxy) is 1. The number of likely N-dealkylation sites (N-methyl/N-ethyl adjacent to an activating group) is 1. The van der Waals surface area contributed by atoms with E-state index >= 15 is 0 Å². The summed E-state index contributed by atoms with van der Waals surface area (Å²) in [6, 6.07) is 15.6. The fraction of sp³-hybridized carbons (Fsp3) is 0.458. The molecule has 1 fully saturated rings. The van der Waals surface area contributed by atoms with Gasteiger partial charge in [0.15, 0.2) is 5.90 Å². The molecule has 4 heteroatoms. The number of likely N-dealkylation sites (tertiary alicyclic amines) is 1. The molecule has 1 unspecified atom stereocenters. The van der Waals surface area contributed by atoms with E-state index in [2.05, 4.69) is 36.2 Å². The highest BCUT2D eigenvalue weighted by atomic mass is 19.1. The van der Waals surface area contributed by atoms with E-state index in [0.717, 1.165) is 56.8 Å². The van der Waals surface area contributed by atoms with Gasteiger partial charge in [-0.25, -0.2) is 4.39 Å². The molecule has 0 bridgehead atoms. The van der Waals surface area contributed by atoms with Crippen LogP contribution < -0.4 is 0 Å². The highest BCUT2D eigenvalue weighted by molar-refractivity contribution is 5.83. The van der Waals surface area contributed by atoms with Crippen molar-refractivity contribution in [2.45, 2.75) is 37.2 Å². The lowest BCUT2D eigenvalue weighted by molar-refractivity contribution is 0.00832. The number of piperidine rings is 1. The molecule has 146 valence electrons. The molecule has 1 spiro atoms. The molecule has 1 aliphatic carbocycles. The largest absolute Gasteiger partial charge is 0.471 e. The second kappa shape index (κ2) is 7.00. The number of halogens is 1. The SMILES string of the molecule is CN1CCC[C@]2(CN=C(C3CCc4ccccc4[C@@H]3c3cccc(F)c3)O2)C1. The van der Waals surface area contributed by atoms with Crippen LogP contribution in [0.2, 0.25) is 0 Å². The Morgan fingerprint density at radius 3 is 2.93 bits per heavy atom. The van der Waals surface area contributed by atoms with Crippen molar-refractivity contribution < 1.29 is 9.13 Å². The van der Waals surface area contributed by atoms with E-state index in [1.54, 1.807) is 6.07 Å². The Bertz CT molecular complexity index is 911. The summed E-state index contributed by atoms with van der Waals surface area (Å²) in [5.41, 5.74) is 3.51. The van der Waals surface area contributed by atoms with Gasteiger partial charge in [0.05, 0.1) is 6.54 Å². The normalized spacial score (nSPS) is 30.0. The van der Waals surface area contributed by atoms with Crippen molar-refractivity contribution in [1.29, 1.82) is 0 Å². The predicted octanol–water partition coefficient (Wildman–Crippen LogP) is 4.41. The Kier molecular flexibility index (Phi) is 4.47. The monoisotopic (exact) mass is 378 g/mol. The van der Waals surface area contributed by atoms with Crippen LogP contribution in [0.1, 0.15) is 41.9 Å². The molecular formula is C24H27FN2O. The van der Waals surface area contributed by atoms with Gasteiger partial charge in [-0.15, -0.1) is 0 Å². The zero-order valence-corrected chi connectivity index (χ0v) is 16.4.